The maximum atomic E-state index is 12.5. The molecule has 1 aromatic heterocycles. The van der Waals surface area contributed by atoms with E-state index in [0.29, 0.717) is 12.2 Å². The number of nitrogens with zero attached hydrogens (tertiary/aromatic N) is 3. The zero-order valence-corrected chi connectivity index (χ0v) is 11.6. The highest BCUT2D eigenvalue weighted by Gasteiger charge is 2.42. The fraction of sp³-hybridized carbons (Fsp3) is 0.643. The Hall–Kier alpha value is -1.53. The normalized spacial score (nSPS) is 29.2. The van der Waals surface area contributed by atoms with E-state index in [1.807, 2.05) is 4.90 Å². The van der Waals surface area contributed by atoms with Crippen LogP contribution in [-0.4, -0.2) is 59.5 Å². The lowest BCUT2D eigenvalue weighted by Gasteiger charge is -2.35. The molecule has 2 aliphatic heterocycles. The Labute approximate surface area is 118 Å². The molecule has 0 spiro atoms. The largest absolute Gasteiger partial charge is 0.382 e. The number of rotatable bonds is 3. The van der Waals surface area contributed by atoms with E-state index in [4.69, 9.17) is 9.47 Å². The number of likely N-dealkylation sites (tertiary alicyclic amines) is 1. The maximum Gasteiger partial charge on any atom is 0.255 e. The van der Waals surface area contributed by atoms with Crippen LogP contribution in [0.25, 0.3) is 0 Å². The highest BCUT2D eigenvalue weighted by atomic mass is 16.5. The summed E-state index contributed by atoms with van der Waals surface area (Å²) in [6.45, 7) is 1.38. The van der Waals surface area contributed by atoms with Crippen LogP contribution in [0.4, 0.5) is 0 Å². The van der Waals surface area contributed by atoms with Crippen molar-refractivity contribution in [2.45, 2.75) is 37.5 Å². The predicted octanol–water partition coefficient (Wildman–Crippen LogP) is 0.885. The van der Waals surface area contributed by atoms with Gasteiger partial charge in [0.1, 0.15) is 0 Å². The van der Waals surface area contributed by atoms with Gasteiger partial charge < -0.3 is 14.4 Å². The fourth-order valence-electron chi connectivity index (χ4n) is 3.14. The van der Waals surface area contributed by atoms with Gasteiger partial charge in [0.05, 0.1) is 42.8 Å². The molecular weight excluding hydrogens is 258 g/mol. The third-order valence-corrected chi connectivity index (χ3v) is 4.08. The number of methoxy groups -OCH3 is 1. The molecule has 0 saturated carbocycles. The van der Waals surface area contributed by atoms with Crippen molar-refractivity contribution in [2.24, 2.45) is 0 Å². The summed E-state index contributed by atoms with van der Waals surface area (Å²) < 4.78 is 11.2. The van der Waals surface area contributed by atoms with Crippen LogP contribution in [-0.2, 0) is 9.47 Å². The lowest BCUT2D eigenvalue weighted by molar-refractivity contribution is -0.0903. The molecule has 20 heavy (non-hydrogen) atoms. The average Bonchev–Trinajstić information content (AvgIpc) is 2.91. The minimum Gasteiger partial charge on any atom is -0.382 e. The van der Waals surface area contributed by atoms with E-state index in [0.717, 1.165) is 25.8 Å². The van der Waals surface area contributed by atoms with Crippen LogP contribution in [0.3, 0.4) is 0 Å². The van der Waals surface area contributed by atoms with Crippen molar-refractivity contribution in [3.05, 3.63) is 24.0 Å². The fourth-order valence-corrected chi connectivity index (χ4v) is 3.14. The minimum atomic E-state index is 0.0289. The Morgan fingerprint density at radius 2 is 2.35 bits per heavy atom. The third-order valence-electron chi connectivity index (χ3n) is 4.08. The maximum absolute atomic E-state index is 12.5. The smallest absolute Gasteiger partial charge is 0.255 e. The van der Waals surface area contributed by atoms with Gasteiger partial charge in [0.15, 0.2) is 0 Å². The van der Waals surface area contributed by atoms with E-state index in [2.05, 4.69) is 10.2 Å². The van der Waals surface area contributed by atoms with Crippen molar-refractivity contribution in [2.75, 3.05) is 20.3 Å². The first-order chi connectivity index (χ1) is 9.79. The summed E-state index contributed by atoms with van der Waals surface area (Å²) in [5.41, 5.74) is 0.597. The lowest BCUT2D eigenvalue weighted by atomic mass is 9.99. The van der Waals surface area contributed by atoms with E-state index >= 15 is 0 Å². The summed E-state index contributed by atoms with van der Waals surface area (Å²) in [4.78, 5) is 14.4. The second-order valence-corrected chi connectivity index (χ2v) is 5.31. The molecule has 3 rings (SSSR count). The van der Waals surface area contributed by atoms with Crippen LogP contribution in [0.5, 0.6) is 0 Å². The first kappa shape index (κ1) is 13.5. The van der Waals surface area contributed by atoms with Gasteiger partial charge in [-0.25, -0.2) is 0 Å². The molecule has 0 N–H and O–H groups in total. The van der Waals surface area contributed by atoms with Gasteiger partial charge in [-0.2, -0.15) is 10.2 Å². The van der Waals surface area contributed by atoms with Crippen molar-refractivity contribution in [3.63, 3.8) is 0 Å². The van der Waals surface area contributed by atoms with Gasteiger partial charge in [0, 0.05) is 13.7 Å². The van der Waals surface area contributed by atoms with E-state index in [9.17, 15) is 4.79 Å². The molecule has 0 aromatic carbocycles. The summed E-state index contributed by atoms with van der Waals surface area (Å²) in [6.07, 6.45) is 6.19. The molecule has 108 valence electrons. The van der Waals surface area contributed by atoms with Gasteiger partial charge in [-0.3, -0.25) is 4.79 Å². The summed E-state index contributed by atoms with van der Waals surface area (Å²) in [6, 6.07) is 1.89. The number of hydrogen-bond donors (Lipinski definition) is 0. The lowest BCUT2D eigenvalue weighted by Crippen LogP contribution is -2.45. The third kappa shape index (κ3) is 2.53. The van der Waals surface area contributed by atoms with Crippen LogP contribution in [0.2, 0.25) is 0 Å². The summed E-state index contributed by atoms with van der Waals surface area (Å²) in [5.74, 6) is 0.0289. The topological polar surface area (TPSA) is 64.5 Å². The van der Waals surface area contributed by atoms with Gasteiger partial charge in [-0.1, -0.05) is 0 Å². The zero-order valence-electron chi connectivity index (χ0n) is 11.6. The van der Waals surface area contributed by atoms with Crippen molar-refractivity contribution in [3.8, 4) is 0 Å². The number of hydrogen-bond acceptors (Lipinski definition) is 5. The molecule has 2 saturated heterocycles. The molecule has 6 heteroatoms. The number of amides is 1. The molecule has 1 aromatic rings. The monoisotopic (exact) mass is 277 g/mol. The molecule has 2 fully saturated rings. The number of carbonyl (C=O) groups excluding carboxylic acids is 1. The Morgan fingerprint density at radius 3 is 3.10 bits per heavy atom. The van der Waals surface area contributed by atoms with Gasteiger partial charge >= 0.3 is 0 Å². The summed E-state index contributed by atoms with van der Waals surface area (Å²) in [7, 11) is 1.69. The molecule has 1 amide bonds. The molecule has 0 unspecified atom stereocenters. The van der Waals surface area contributed by atoms with Crippen molar-refractivity contribution >= 4 is 5.91 Å². The summed E-state index contributed by atoms with van der Waals surface area (Å²) >= 11 is 0. The predicted molar refractivity (Wildman–Crippen MR) is 71.2 cm³/mol. The first-order valence-corrected chi connectivity index (χ1v) is 7.01. The van der Waals surface area contributed by atoms with E-state index in [1.54, 1.807) is 19.4 Å². The Kier molecular flexibility index (Phi) is 3.93. The van der Waals surface area contributed by atoms with Crippen LogP contribution in [0.15, 0.2) is 18.5 Å². The van der Waals surface area contributed by atoms with Crippen LogP contribution in [0.1, 0.15) is 29.6 Å². The van der Waals surface area contributed by atoms with E-state index < -0.39 is 0 Å². The minimum absolute atomic E-state index is 0.0289. The molecule has 3 heterocycles. The Balaban J connectivity index is 1.68. The SMILES string of the molecule is COC[C@@H]1CC[C@@H]2[C@@H](CCN2C(=O)c2ccnnc2)O1. The van der Waals surface area contributed by atoms with Crippen LogP contribution >= 0.6 is 0 Å². The molecule has 6 nitrogen and oxygen atoms in total. The van der Waals surface area contributed by atoms with Crippen molar-refractivity contribution < 1.29 is 14.3 Å². The number of aromatic nitrogens is 2. The van der Waals surface area contributed by atoms with Gasteiger partial charge in [0.25, 0.3) is 5.91 Å². The standard InChI is InChI=1S/C14H19N3O3/c1-19-9-11-2-3-12-13(20-11)5-7-17(12)14(18)10-4-6-15-16-8-10/h4,6,8,11-13H,2-3,5,7,9H2,1H3/t11-,12+,13+/m0/s1. The second kappa shape index (κ2) is 5.85. The molecule has 0 radical (unpaired) electrons. The van der Waals surface area contributed by atoms with Gasteiger partial charge in [0.2, 0.25) is 0 Å². The van der Waals surface area contributed by atoms with Crippen LogP contribution < -0.4 is 0 Å². The number of carbonyl (C=O) groups is 1. The first-order valence-electron chi connectivity index (χ1n) is 7.01. The highest BCUT2D eigenvalue weighted by Crippen LogP contribution is 2.32. The molecule has 0 aliphatic carbocycles. The quantitative estimate of drug-likeness (QED) is 0.821. The second-order valence-electron chi connectivity index (χ2n) is 5.31. The molecule has 2 aliphatic rings. The highest BCUT2D eigenvalue weighted by molar-refractivity contribution is 5.94. The molecule has 0 bridgehead atoms. The van der Waals surface area contributed by atoms with E-state index in [-0.39, 0.29) is 24.2 Å². The van der Waals surface area contributed by atoms with Crippen molar-refractivity contribution in [1.29, 1.82) is 0 Å². The zero-order chi connectivity index (χ0) is 13.9. The molecule has 3 atom stereocenters. The van der Waals surface area contributed by atoms with Gasteiger partial charge in [-0.05, 0) is 25.3 Å². The Morgan fingerprint density at radius 1 is 1.45 bits per heavy atom. The van der Waals surface area contributed by atoms with Gasteiger partial charge in [-0.15, -0.1) is 0 Å². The number of ether oxygens (including phenoxy) is 2. The van der Waals surface area contributed by atoms with Crippen molar-refractivity contribution in [1.82, 2.24) is 15.1 Å². The Bertz CT molecular complexity index is 468. The van der Waals surface area contributed by atoms with E-state index in [1.165, 1.54) is 6.20 Å². The number of fused-ring (bicyclic) bond motifs is 1. The van der Waals surface area contributed by atoms with Crippen LogP contribution in [0, 0.1) is 0 Å². The molecular formula is C14H19N3O3. The summed E-state index contributed by atoms with van der Waals surface area (Å²) in [5, 5.41) is 7.48. The average molecular weight is 277 g/mol.